The van der Waals surface area contributed by atoms with Crippen molar-refractivity contribution in [2.24, 2.45) is 0 Å². The zero-order chi connectivity index (χ0) is 7.14. The topological polar surface area (TPSA) is 33.1 Å². The SMILES string of the molecule is Cc1n[nH]c2c(Cl)ccn12. The molecule has 52 valence electrons. The predicted octanol–water partition coefficient (Wildman–Crippen LogP) is 1.62. The van der Waals surface area contributed by atoms with Gasteiger partial charge in [0.2, 0.25) is 0 Å². The summed E-state index contributed by atoms with van der Waals surface area (Å²) in [6.07, 6.45) is 1.89. The minimum atomic E-state index is 0.709. The first kappa shape index (κ1) is 5.80. The predicted molar refractivity (Wildman–Crippen MR) is 39.3 cm³/mol. The van der Waals surface area contributed by atoms with E-state index in [1.54, 1.807) is 0 Å². The summed E-state index contributed by atoms with van der Waals surface area (Å²) >= 11 is 5.79. The van der Waals surface area contributed by atoms with E-state index in [-0.39, 0.29) is 0 Å². The molecule has 4 heteroatoms. The Kier molecular flexibility index (Phi) is 1.02. The highest BCUT2D eigenvalue weighted by atomic mass is 35.5. The number of H-pyrrole nitrogens is 1. The van der Waals surface area contributed by atoms with Crippen molar-refractivity contribution in [2.75, 3.05) is 0 Å². The lowest BCUT2D eigenvalue weighted by atomic mass is 10.6. The second-order valence-corrected chi connectivity index (χ2v) is 2.56. The molecule has 0 aliphatic carbocycles. The number of aromatic nitrogens is 3. The zero-order valence-corrected chi connectivity index (χ0v) is 6.18. The molecule has 0 fully saturated rings. The van der Waals surface area contributed by atoms with Crippen LogP contribution < -0.4 is 0 Å². The zero-order valence-electron chi connectivity index (χ0n) is 5.43. The molecule has 0 atom stereocenters. The van der Waals surface area contributed by atoms with Crippen molar-refractivity contribution in [3.05, 3.63) is 23.1 Å². The van der Waals surface area contributed by atoms with E-state index in [1.807, 2.05) is 23.6 Å². The molecule has 0 amide bonds. The number of hydrogen-bond acceptors (Lipinski definition) is 1. The maximum atomic E-state index is 5.79. The van der Waals surface area contributed by atoms with Crippen LogP contribution in [0.3, 0.4) is 0 Å². The Balaban J connectivity index is 2.95. The van der Waals surface area contributed by atoms with E-state index < -0.39 is 0 Å². The van der Waals surface area contributed by atoms with E-state index in [0.717, 1.165) is 11.5 Å². The van der Waals surface area contributed by atoms with Crippen molar-refractivity contribution in [2.45, 2.75) is 6.92 Å². The summed E-state index contributed by atoms with van der Waals surface area (Å²) in [5.74, 6) is 0.918. The van der Waals surface area contributed by atoms with Crippen molar-refractivity contribution in [3.8, 4) is 0 Å². The largest absolute Gasteiger partial charge is 0.287 e. The summed E-state index contributed by atoms with van der Waals surface area (Å²) in [4.78, 5) is 0. The fraction of sp³-hybridized carbons (Fsp3) is 0.167. The van der Waals surface area contributed by atoms with Gasteiger partial charge in [0.1, 0.15) is 5.82 Å². The van der Waals surface area contributed by atoms with Gasteiger partial charge in [0.05, 0.1) is 5.02 Å². The van der Waals surface area contributed by atoms with Crippen LogP contribution in [0.2, 0.25) is 5.02 Å². The Morgan fingerprint density at radius 1 is 1.70 bits per heavy atom. The van der Waals surface area contributed by atoms with Crippen molar-refractivity contribution in [1.82, 2.24) is 14.6 Å². The number of hydrogen-bond donors (Lipinski definition) is 1. The molecule has 3 nitrogen and oxygen atoms in total. The molecule has 0 unspecified atom stereocenters. The molecule has 0 aliphatic heterocycles. The molecule has 2 rings (SSSR count). The molecular formula is C6H6ClN3. The molecule has 2 aromatic rings. The molecule has 0 saturated carbocycles. The summed E-state index contributed by atoms with van der Waals surface area (Å²) in [5.41, 5.74) is 0.860. The van der Waals surface area contributed by atoms with Crippen LogP contribution in [0.15, 0.2) is 12.3 Å². The summed E-state index contributed by atoms with van der Waals surface area (Å²) in [5, 5.41) is 7.50. The van der Waals surface area contributed by atoms with E-state index in [2.05, 4.69) is 10.2 Å². The first-order chi connectivity index (χ1) is 4.79. The number of fused-ring (bicyclic) bond motifs is 1. The fourth-order valence-electron chi connectivity index (χ4n) is 0.973. The smallest absolute Gasteiger partial charge is 0.151 e. The van der Waals surface area contributed by atoms with Gasteiger partial charge in [0.15, 0.2) is 5.65 Å². The van der Waals surface area contributed by atoms with E-state index in [9.17, 15) is 0 Å². The van der Waals surface area contributed by atoms with Gasteiger partial charge < -0.3 is 0 Å². The van der Waals surface area contributed by atoms with Crippen LogP contribution in [0.4, 0.5) is 0 Å². The molecular weight excluding hydrogens is 150 g/mol. The number of rotatable bonds is 0. The van der Waals surface area contributed by atoms with Gasteiger partial charge in [-0.05, 0) is 13.0 Å². The Morgan fingerprint density at radius 3 is 3.20 bits per heavy atom. The summed E-state index contributed by atoms with van der Waals surface area (Å²) in [7, 11) is 0. The van der Waals surface area contributed by atoms with Crippen molar-refractivity contribution >= 4 is 17.2 Å². The van der Waals surface area contributed by atoms with Crippen LogP contribution in [0.25, 0.3) is 5.65 Å². The first-order valence-electron chi connectivity index (χ1n) is 2.96. The van der Waals surface area contributed by atoms with E-state index in [1.165, 1.54) is 0 Å². The molecule has 0 aromatic carbocycles. The Morgan fingerprint density at radius 2 is 2.50 bits per heavy atom. The second kappa shape index (κ2) is 1.76. The number of aryl methyl sites for hydroxylation is 1. The Bertz CT molecular complexity index is 324. The lowest BCUT2D eigenvalue weighted by Gasteiger charge is -1.81. The Labute approximate surface area is 62.6 Å². The van der Waals surface area contributed by atoms with E-state index in [0.29, 0.717) is 5.02 Å². The minimum Gasteiger partial charge on any atom is -0.287 e. The molecule has 0 bridgehead atoms. The van der Waals surface area contributed by atoms with Gasteiger partial charge in [-0.3, -0.25) is 9.50 Å². The number of aromatic amines is 1. The van der Waals surface area contributed by atoms with E-state index in [4.69, 9.17) is 11.6 Å². The highest BCUT2D eigenvalue weighted by Crippen LogP contribution is 2.16. The number of halogens is 1. The number of nitrogens with one attached hydrogen (secondary N) is 1. The maximum absolute atomic E-state index is 5.79. The summed E-state index contributed by atoms with van der Waals surface area (Å²) in [6.45, 7) is 1.92. The highest BCUT2D eigenvalue weighted by Gasteiger charge is 2.02. The molecule has 2 heterocycles. The van der Waals surface area contributed by atoms with Gasteiger partial charge >= 0.3 is 0 Å². The summed E-state index contributed by atoms with van der Waals surface area (Å²) < 4.78 is 1.91. The van der Waals surface area contributed by atoms with Crippen LogP contribution in [0.5, 0.6) is 0 Å². The van der Waals surface area contributed by atoms with E-state index >= 15 is 0 Å². The van der Waals surface area contributed by atoms with Crippen molar-refractivity contribution < 1.29 is 0 Å². The fourth-order valence-corrected chi connectivity index (χ4v) is 1.16. The maximum Gasteiger partial charge on any atom is 0.151 e. The van der Waals surface area contributed by atoms with Gasteiger partial charge in [-0.15, -0.1) is 0 Å². The van der Waals surface area contributed by atoms with Crippen LogP contribution in [-0.4, -0.2) is 14.6 Å². The third-order valence-corrected chi connectivity index (χ3v) is 1.81. The molecule has 0 radical (unpaired) electrons. The van der Waals surface area contributed by atoms with Gasteiger partial charge in [-0.2, -0.15) is 5.10 Å². The summed E-state index contributed by atoms with van der Waals surface area (Å²) in [6, 6.07) is 1.84. The molecule has 2 aromatic heterocycles. The lowest BCUT2D eigenvalue weighted by molar-refractivity contribution is 1.01. The van der Waals surface area contributed by atoms with Crippen LogP contribution in [0, 0.1) is 6.92 Å². The lowest BCUT2D eigenvalue weighted by Crippen LogP contribution is -1.79. The first-order valence-corrected chi connectivity index (χ1v) is 3.34. The molecule has 10 heavy (non-hydrogen) atoms. The third-order valence-electron chi connectivity index (χ3n) is 1.51. The molecule has 0 spiro atoms. The molecule has 1 N–H and O–H groups in total. The van der Waals surface area contributed by atoms with Crippen LogP contribution >= 0.6 is 11.6 Å². The Hall–Kier alpha value is -0.960. The molecule has 0 aliphatic rings. The molecule has 0 saturated heterocycles. The van der Waals surface area contributed by atoms with Gasteiger partial charge in [0, 0.05) is 6.20 Å². The van der Waals surface area contributed by atoms with Crippen molar-refractivity contribution in [3.63, 3.8) is 0 Å². The normalized spacial score (nSPS) is 11.0. The average molecular weight is 156 g/mol. The van der Waals surface area contributed by atoms with Gasteiger partial charge in [-0.25, -0.2) is 0 Å². The van der Waals surface area contributed by atoms with Crippen LogP contribution in [-0.2, 0) is 0 Å². The highest BCUT2D eigenvalue weighted by molar-refractivity contribution is 6.33. The van der Waals surface area contributed by atoms with Crippen LogP contribution in [0.1, 0.15) is 5.82 Å². The minimum absolute atomic E-state index is 0.709. The van der Waals surface area contributed by atoms with Crippen molar-refractivity contribution in [1.29, 1.82) is 0 Å². The third kappa shape index (κ3) is 0.580. The standard InChI is InChI=1S/C6H6ClN3/c1-4-8-9-6-5(7)2-3-10(4)6/h2-3,9H,1H3. The quantitative estimate of drug-likeness (QED) is 0.616. The van der Waals surface area contributed by atoms with Gasteiger partial charge in [-0.1, -0.05) is 11.6 Å². The number of nitrogens with zero attached hydrogens (tertiary/aromatic N) is 2. The second-order valence-electron chi connectivity index (χ2n) is 2.15. The van der Waals surface area contributed by atoms with Gasteiger partial charge in [0.25, 0.3) is 0 Å². The average Bonchev–Trinajstić information content (AvgIpc) is 2.41. The monoisotopic (exact) mass is 155 g/mol.